The second kappa shape index (κ2) is 3.92. The normalized spacial score (nSPS) is 10.9. The zero-order chi connectivity index (χ0) is 12.7. The molecule has 4 nitrogen and oxygen atoms in total. The van der Waals surface area contributed by atoms with E-state index in [1.807, 2.05) is 12.1 Å². The fraction of sp³-hybridized carbons (Fsp3) is 0. The Morgan fingerprint density at radius 1 is 1.11 bits per heavy atom. The molecule has 0 aliphatic rings. The average molecular weight is 261 g/mol. The van der Waals surface area contributed by atoms with Gasteiger partial charge in [0, 0.05) is 0 Å². The number of hydrogen-bond acceptors (Lipinski definition) is 3. The molecular weight excluding hydrogens is 252 g/mol. The summed E-state index contributed by atoms with van der Waals surface area (Å²) in [6.45, 7) is 0. The van der Waals surface area contributed by atoms with Crippen molar-refractivity contribution < 1.29 is 10.2 Å². The van der Waals surface area contributed by atoms with Gasteiger partial charge in [0.2, 0.25) is 0 Å². The topological polar surface area (TPSA) is 69.1 Å². The highest BCUT2D eigenvalue weighted by Gasteiger charge is 2.11. The molecule has 0 spiro atoms. The SMILES string of the molecule is Oc1ccc(O)c(-c2nc3c(Cl)cccc3[nH]2)c1. The number of aromatic hydroxyl groups is 2. The van der Waals surface area contributed by atoms with E-state index in [1.54, 1.807) is 6.07 Å². The number of aromatic nitrogens is 2. The Labute approximate surface area is 107 Å². The lowest BCUT2D eigenvalue weighted by Gasteiger charge is -2.01. The summed E-state index contributed by atoms with van der Waals surface area (Å²) in [6, 6.07) is 9.68. The van der Waals surface area contributed by atoms with E-state index >= 15 is 0 Å². The molecule has 0 radical (unpaired) electrons. The van der Waals surface area contributed by atoms with Gasteiger partial charge in [0.25, 0.3) is 0 Å². The van der Waals surface area contributed by atoms with Crippen LogP contribution in [0.25, 0.3) is 22.4 Å². The van der Waals surface area contributed by atoms with E-state index in [0.717, 1.165) is 5.52 Å². The van der Waals surface area contributed by atoms with Crippen molar-refractivity contribution in [3.63, 3.8) is 0 Å². The van der Waals surface area contributed by atoms with Crippen LogP contribution in [0.3, 0.4) is 0 Å². The summed E-state index contributed by atoms with van der Waals surface area (Å²) in [5.74, 6) is 0.573. The van der Waals surface area contributed by atoms with Gasteiger partial charge in [0.1, 0.15) is 22.8 Å². The third-order valence-corrected chi connectivity index (χ3v) is 3.00. The third-order valence-electron chi connectivity index (χ3n) is 2.70. The number of rotatable bonds is 1. The van der Waals surface area contributed by atoms with Crippen LogP contribution in [0.1, 0.15) is 0 Å². The third kappa shape index (κ3) is 1.67. The summed E-state index contributed by atoms with van der Waals surface area (Å²) >= 11 is 6.03. The van der Waals surface area contributed by atoms with Crippen LogP contribution >= 0.6 is 11.6 Å². The van der Waals surface area contributed by atoms with Gasteiger partial charge in [-0.05, 0) is 30.3 Å². The fourth-order valence-electron chi connectivity index (χ4n) is 1.84. The molecule has 0 fully saturated rings. The van der Waals surface area contributed by atoms with Crippen LogP contribution in [0.15, 0.2) is 36.4 Å². The molecule has 3 rings (SSSR count). The molecule has 90 valence electrons. The Morgan fingerprint density at radius 3 is 2.72 bits per heavy atom. The second-order valence-corrected chi connectivity index (χ2v) is 4.33. The number of nitrogens with one attached hydrogen (secondary N) is 1. The summed E-state index contributed by atoms with van der Waals surface area (Å²) in [6.07, 6.45) is 0. The number of H-pyrrole nitrogens is 1. The molecule has 3 aromatic rings. The van der Waals surface area contributed by atoms with E-state index in [0.29, 0.717) is 21.9 Å². The van der Waals surface area contributed by atoms with E-state index in [4.69, 9.17) is 11.6 Å². The van der Waals surface area contributed by atoms with Crippen molar-refractivity contribution in [1.29, 1.82) is 0 Å². The maximum atomic E-state index is 9.78. The number of para-hydroxylation sites is 1. The first-order valence-electron chi connectivity index (χ1n) is 5.32. The smallest absolute Gasteiger partial charge is 0.142 e. The fourth-order valence-corrected chi connectivity index (χ4v) is 2.06. The first kappa shape index (κ1) is 10.9. The van der Waals surface area contributed by atoms with Gasteiger partial charge in [-0.2, -0.15) is 0 Å². The summed E-state index contributed by atoms with van der Waals surface area (Å²) in [5.41, 5.74) is 1.85. The first-order chi connectivity index (χ1) is 8.65. The Kier molecular flexibility index (Phi) is 2.38. The van der Waals surface area contributed by atoms with Crippen molar-refractivity contribution in [2.75, 3.05) is 0 Å². The lowest BCUT2D eigenvalue weighted by atomic mass is 10.2. The number of benzene rings is 2. The predicted molar refractivity (Wildman–Crippen MR) is 69.9 cm³/mol. The van der Waals surface area contributed by atoms with Gasteiger partial charge in [0.05, 0.1) is 16.1 Å². The summed E-state index contributed by atoms with van der Waals surface area (Å²) in [4.78, 5) is 7.38. The number of aromatic amines is 1. The molecule has 3 N–H and O–H groups in total. The zero-order valence-corrected chi connectivity index (χ0v) is 9.94. The van der Waals surface area contributed by atoms with E-state index in [2.05, 4.69) is 9.97 Å². The molecule has 2 aromatic carbocycles. The Balaban J connectivity index is 2.26. The molecule has 0 saturated carbocycles. The van der Waals surface area contributed by atoms with Crippen molar-refractivity contribution in [3.05, 3.63) is 41.4 Å². The van der Waals surface area contributed by atoms with E-state index in [1.165, 1.54) is 18.2 Å². The molecule has 0 atom stereocenters. The van der Waals surface area contributed by atoms with Crippen LogP contribution < -0.4 is 0 Å². The average Bonchev–Trinajstić information content (AvgIpc) is 2.77. The Bertz CT molecular complexity index is 737. The number of halogens is 1. The lowest BCUT2D eigenvalue weighted by molar-refractivity contribution is 0.461. The largest absolute Gasteiger partial charge is 0.508 e. The van der Waals surface area contributed by atoms with Gasteiger partial charge in [-0.1, -0.05) is 17.7 Å². The van der Waals surface area contributed by atoms with Crippen LogP contribution in [0.2, 0.25) is 5.02 Å². The molecule has 0 amide bonds. The monoisotopic (exact) mass is 260 g/mol. The minimum absolute atomic E-state index is 0.0444. The number of fused-ring (bicyclic) bond motifs is 1. The van der Waals surface area contributed by atoms with Crippen molar-refractivity contribution in [2.45, 2.75) is 0 Å². The summed E-state index contributed by atoms with van der Waals surface area (Å²) in [5, 5.41) is 19.8. The number of hydrogen-bond donors (Lipinski definition) is 3. The zero-order valence-electron chi connectivity index (χ0n) is 9.18. The quantitative estimate of drug-likeness (QED) is 0.588. The molecule has 0 aliphatic heterocycles. The number of imidazole rings is 1. The highest BCUT2D eigenvalue weighted by molar-refractivity contribution is 6.35. The maximum absolute atomic E-state index is 9.78. The Morgan fingerprint density at radius 2 is 1.94 bits per heavy atom. The van der Waals surface area contributed by atoms with Crippen LogP contribution in [0, 0.1) is 0 Å². The second-order valence-electron chi connectivity index (χ2n) is 3.92. The van der Waals surface area contributed by atoms with Gasteiger partial charge in [-0.15, -0.1) is 0 Å². The molecule has 0 saturated heterocycles. The van der Waals surface area contributed by atoms with Crippen molar-refractivity contribution in [2.24, 2.45) is 0 Å². The first-order valence-corrected chi connectivity index (χ1v) is 5.69. The van der Waals surface area contributed by atoms with Crippen molar-refractivity contribution in [1.82, 2.24) is 9.97 Å². The van der Waals surface area contributed by atoms with Gasteiger partial charge in [-0.3, -0.25) is 0 Å². The highest BCUT2D eigenvalue weighted by Crippen LogP contribution is 2.32. The maximum Gasteiger partial charge on any atom is 0.142 e. The van der Waals surface area contributed by atoms with Gasteiger partial charge >= 0.3 is 0 Å². The molecular formula is C13H9ClN2O2. The Hall–Kier alpha value is -2.20. The molecule has 1 heterocycles. The predicted octanol–water partition coefficient (Wildman–Crippen LogP) is 3.29. The van der Waals surface area contributed by atoms with Crippen molar-refractivity contribution >= 4 is 22.6 Å². The molecule has 18 heavy (non-hydrogen) atoms. The van der Waals surface area contributed by atoms with Crippen LogP contribution in [-0.2, 0) is 0 Å². The molecule has 5 heteroatoms. The molecule has 1 aromatic heterocycles. The van der Waals surface area contributed by atoms with Crippen LogP contribution in [0.4, 0.5) is 0 Å². The lowest BCUT2D eigenvalue weighted by Crippen LogP contribution is -1.81. The molecule has 0 bridgehead atoms. The van der Waals surface area contributed by atoms with Crippen LogP contribution in [-0.4, -0.2) is 20.2 Å². The van der Waals surface area contributed by atoms with Gasteiger partial charge < -0.3 is 15.2 Å². The van der Waals surface area contributed by atoms with Crippen LogP contribution in [0.5, 0.6) is 11.5 Å². The standard InChI is InChI=1S/C13H9ClN2O2/c14-9-2-1-3-10-12(9)16-13(15-10)8-6-7(17)4-5-11(8)18/h1-6,17-18H,(H,15,16). The molecule has 0 unspecified atom stereocenters. The van der Waals surface area contributed by atoms with Gasteiger partial charge in [-0.25, -0.2) is 4.98 Å². The van der Waals surface area contributed by atoms with Gasteiger partial charge in [0.15, 0.2) is 0 Å². The number of phenols is 2. The van der Waals surface area contributed by atoms with E-state index in [-0.39, 0.29) is 11.5 Å². The van der Waals surface area contributed by atoms with Crippen molar-refractivity contribution in [3.8, 4) is 22.9 Å². The van der Waals surface area contributed by atoms with E-state index in [9.17, 15) is 10.2 Å². The number of nitrogens with zero attached hydrogens (tertiary/aromatic N) is 1. The summed E-state index contributed by atoms with van der Waals surface area (Å²) in [7, 11) is 0. The summed E-state index contributed by atoms with van der Waals surface area (Å²) < 4.78 is 0. The minimum Gasteiger partial charge on any atom is -0.508 e. The number of phenolic OH excluding ortho intramolecular Hbond substituents is 2. The van der Waals surface area contributed by atoms with E-state index < -0.39 is 0 Å². The molecule has 0 aliphatic carbocycles. The highest BCUT2D eigenvalue weighted by atomic mass is 35.5. The minimum atomic E-state index is 0.0444.